The lowest BCUT2D eigenvalue weighted by atomic mass is 9.98. The number of aliphatic hydroxyl groups is 1. The van der Waals surface area contributed by atoms with Crippen LogP contribution in [0.5, 0.6) is 0 Å². The molecule has 1 aliphatic heterocycles. The van der Waals surface area contributed by atoms with E-state index in [0.717, 1.165) is 5.56 Å². The summed E-state index contributed by atoms with van der Waals surface area (Å²) in [6.07, 6.45) is 1.31. The lowest BCUT2D eigenvalue weighted by molar-refractivity contribution is -0.137. The Balaban J connectivity index is 1.94. The number of rotatable bonds is 5. The van der Waals surface area contributed by atoms with E-state index >= 15 is 0 Å². The van der Waals surface area contributed by atoms with Gasteiger partial charge in [-0.25, -0.2) is 0 Å². The average molecular weight is 317 g/mol. The first kappa shape index (κ1) is 17.2. The van der Waals surface area contributed by atoms with E-state index in [1.165, 1.54) is 11.0 Å². The van der Waals surface area contributed by atoms with Crippen LogP contribution in [0.25, 0.3) is 0 Å². The first-order valence-corrected chi connectivity index (χ1v) is 7.70. The molecule has 0 bridgehead atoms. The summed E-state index contributed by atoms with van der Waals surface area (Å²) < 4.78 is 5.61. The summed E-state index contributed by atoms with van der Waals surface area (Å²) >= 11 is 0. The van der Waals surface area contributed by atoms with E-state index in [2.05, 4.69) is 0 Å². The Morgan fingerprint density at radius 3 is 2.61 bits per heavy atom. The molecule has 5 heteroatoms. The van der Waals surface area contributed by atoms with Crippen molar-refractivity contribution in [1.82, 2.24) is 4.90 Å². The number of likely N-dealkylation sites (N-methyl/N-ethyl adjacent to an activating group) is 1. The zero-order valence-corrected chi connectivity index (χ0v) is 13.8. The van der Waals surface area contributed by atoms with Gasteiger partial charge in [0.05, 0.1) is 6.10 Å². The van der Waals surface area contributed by atoms with Crippen molar-refractivity contribution < 1.29 is 19.4 Å². The standard InChI is InChI=1S/C18H23NO4/c1-18(2)12-14(20)11-16(23-18)17(22)19(3)10-9-15(21)13-7-5-4-6-8-13/h4-8,11,15,21H,9-10,12H2,1-3H3. The fourth-order valence-corrected chi connectivity index (χ4v) is 2.53. The predicted molar refractivity (Wildman–Crippen MR) is 86.5 cm³/mol. The monoisotopic (exact) mass is 317 g/mol. The summed E-state index contributed by atoms with van der Waals surface area (Å²) in [5.41, 5.74) is 0.152. The topological polar surface area (TPSA) is 66.8 Å². The SMILES string of the molecule is CN(CCC(O)c1ccccc1)C(=O)C1=CC(=O)CC(C)(C)O1. The summed E-state index contributed by atoms with van der Waals surface area (Å²) in [5, 5.41) is 10.1. The van der Waals surface area contributed by atoms with Gasteiger partial charge in [-0.15, -0.1) is 0 Å². The van der Waals surface area contributed by atoms with E-state index < -0.39 is 11.7 Å². The van der Waals surface area contributed by atoms with Crippen molar-refractivity contribution in [2.45, 2.75) is 38.4 Å². The third-order valence-corrected chi connectivity index (χ3v) is 3.76. The second-order valence-electron chi connectivity index (χ2n) is 6.46. The zero-order chi connectivity index (χ0) is 17.0. The van der Waals surface area contributed by atoms with Gasteiger partial charge in [-0.3, -0.25) is 9.59 Å². The van der Waals surface area contributed by atoms with E-state index in [0.29, 0.717) is 13.0 Å². The van der Waals surface area contributed by atoms with Crippen molar-refractivity contribution in [2.24, 2.45) is 0 Å². The van der Waals surface area contributed by atoms with Crippen LogP contribution in [0.4, 0.5) is 0 Å². The number of benzene rings is 1. The number of carbonyl (C=O) groups is 2. The molecule has 1 atom stereocenters. The summed E-state index contributed by atoms with van der Waals surface area (Å²) in [4.78, 5) is 25.5. The van der Waals surface area contributed by atoms with Crippen molar-refractivity contribution in [3.05, 3.63) is 47.7 Å². The Kier molecular flexibility index (Phi) is 5.21. The molecule has 124 valence electrons. The van der Waals surface area contributed by atoms with Crippen molar-refractivity contribution >= 4 is 11.7 Å². The molecule has 1 aliphatic rings. The lowest BCUT2D eigenvalue weighted by Crippen LogP contribution is -2.38. The Morgan fingerprint density at radius 1 is 1.35 bits per heavy atom. The molecule has 0 fully saturated rings. The van der Waals surface area contributed by atoms with Gasteiger partial charge in [0.1, 0.15) is 5.60 Å². The molecule has 23 heavy (non-hydrogen) atoms. The average Bonchev–Trinajstić information content (AvgIpc) is 2.50. The highest BCUT2D eigenvalue weighted by Gasteiger charge is 2.32. The number of carbonyl (C=O) groups excluding carboxylic acids is 2. The highest BCUT2D eigenvalue weighted by molar-refractivity contribution is 6.01. The van der Waals surface area contributed by atoms with Gasteiger partial charge in [0.25, 0.3) is 5.91 Å². The highest BCUT2D eigenvalue weighted by atomic mass is 16.5. The molecule has 1 unspecified atom stereocenters. The molecule has 1 N–H and O–H groups in total. The molecule has 1 aromatic rings. The predicted octanol–water partition coefficient (Wildman–Crippen LogP) is 2.22. The molecule has 2 rings (SSSR count). The molecule has 0 saturated heterocycles. The van der Waals surface area contributed by atoms with Gasteiger partial charge in [-0.2, -0.15) is 0 Å². The third-order valence-electron chi connectivity index (χ3n) is 3.76. The van der Waals surface area contributed by atoms with E-state index in [9.17, 15) is 14.7 Å². The second kappa shape index (κ2) is 6.96. The molecule has 5 nitrogen and oxygen atoms in total. The first-order chi connectivity index (χ1) is 10.8. The maximum absolute atomic E-state index is 12.4. The van der Waals surface area contributed by atoms with Gasteiger partial charge in [-0.1, -0.05) is 30.3 Å². The Labute approximate surface area is 136 Å². The summed E-state index contributed by atoms with van der Waals surface area (Å²) in [7, 11) is 1.64. The molecule has 0 spiro atoms. The van der Waals surface area contributed by atoms with Crippen molar-refractivity contribution in [1.29, 1.82) is 0 Å². The quantitative estimate of drug-likeness (QED) is 0.904. The van der Waals surface area contributed by atoms with Gasteiger partial charge in [0, 0.05) is 26.1 Å². The number of hydrogen-bond donors (Lipinski definition) is 1. The maximum Gasteiger partial charge on any atom is 0.288 e. The maximum atomic E-state index is 12.4. The number of ketones is 1. The van der Waals surface area contributed by atoms with E-state index in [-0.39, 0.29) is 23.9 Å². The van der Waals surface area contributed by atoms with Crippen LogP contribution in [0.3, 0.4) is 0 Å². The minimum absolute atomic E-state index is 0.0722. The molecule has 0 radical (unpaired) electrons. The number of nitrogens with zero attached hydrogens (tertiary/aromatic N) is 1. The molecular formula is C18H23NO4. The van der Waals surface area contributed by atoms with Crippen LogP contribution >= 0.6 is 0 Å². The largest absolute Gasteiger partial charge is 0.481 e. The number of amides is 1. The van der Waals surface area contributed by atoms with Gasteiger partial charge in [0.2, 0.25) is 0 Å². The number of allylic oxidation sites excluding steroid dienone is 1. The Morgan fingerprint density at radius 2 is 2.00 bits per heavy atom. The molecule has 0 aliphatic carbocycles. The number of ether oxygens (including phenoxy) is 1. The second-order valence-corrected chi connectivity index (χ2v) is 6.46. The van der Waals surface area contributed by atoms with Gasteiger partial charge in [0.15, 0.2) is 11.5 Å². The van der Waals surface area contributed by atoms with Crippen LogP contribution in [-0.4, -0.2) is 40.9 Å². The first-order valence-electron chi connectivity index (χ1n) is 7.70. The molecule has 1 aromatic carbocycles. The van der Waals surface area contributed by atoms with Crippen molar-refractivity contribution in [2.75, 3.05) is 13.6 Å². The zero-order valence-electron chi connectivity index (χ0n) is 13.8. The lowest BCUT2D eigenvalue weighted by Gasteiger charge is -2.31. The fraction of sp³-hybridized carbons (Fsp3) is 0.444. The molecular weight excluding hydrogens is 294 g/mol. The number of hydrogen-bond acceptors (Lipinski definition) is 4. The molecule has 1 heterocycles. The number of aliphatic hydroxyl groups excluding tert-OH is 1. The summed E-state index contributed by atoms with van der Waals surface area (Å²) in [6.45, 7) is 3.93. The summed E-state index contributed by atoms with van der Waals surface area (Å²) in [5.74, 6) is -0.378. The minimum Gasteiger partial charge on any atom is -0.481 e. The molecule has 1 amide bonds. The highest BCUT2D eigenvalue weighted by Crippen LogP contribution is 2.25. The van der Waals surface area contributed by atoms with Crippen LogP contribution in [-0.2, 0) is 14.3 Å². The van der Waals surface area contributed by atoms with Crippen LogP contribution in [0.2, 0.25) is 0 Å². The fourth-order valence-electron chi connectivity index (χ4n) is 2.53. The molecule has 0 saturated carbocycles. The van der Waals surface area contributed by atoms with Crippen LogP contribution in [0.15, 0.2) is 42.2 Å². The van der Waals surface area contributed by atoms with Crippen molar-refractivity contribution in [3.63, 3.8) is 0 Å². The van der Waals surface area contributed by atoms with Gasteiger partial charge < -0.3 is 14.7 Å². The normalized spacial score (nSPS) is 17.9. The van der Waals surface area contributed by atoms with E-state index in [1.54, 1.807) is 20.9 Å². The Hall–Kier alpha value is -2.14. The van der Waals surface area contributed by atoms with Crippen LogP contribution in [0.1, 0.15) is 38.4 Å². The van der Waals surface area contributed by atoms with E-state index in [4.69, 9.17) is 4.74 Å². The van der Waals surface area contributed by atoms with Gasteiger partial charge in [-0.05, 0) is 25.8 Å². The van der Waals surface area contributed by atoms with Crippen LogP contribution < -0.4 is 0 Å². The summed E-state index contributed by atoms with van der Waals surface area (Å²) in [6, 6.07) is 9.31. The smallest absolute Gasteiger partial charge is 0.288 e. The van der Waals surface area contributed by atoms with Crippen molar-refractivity contribution in [3.8, 4) is 0 Å². The van der Waals surface area contributed by atoms with E-state index in [1.807, 2.05) is 30.3 Å². The van der Waals surface area contributed by atoms with Crippen LogP contribution in [0, 0.1) is 0 Å². The molecule has 0 aromatic heterocycles. The minimum atomic E-state index is -0.665. The Bertz CT molecular complexity index is 607. The van der Waals surface area contributed by atoms with Gasteiger partial charge >= 0.3 is 0 Å². The third kappa shape index (κ3) is 4.66.